The highest BCUT2D eigenvalue weighted by Gasteiger charge is 2.25. The van der Waals surface area contributed by atoms with E-state index in [2.05, 4.69) is 5.16 Å². The van der Waals surface area contributed by atoms with E-state index in [9.17, 15) is 14.5 Å². The van der Waals surface area contributed by atoms with E-state index < -0.39 is 10.7 Å². The maximum absolute atomic E-state index is 13.3. The number of benzene rings is 1. The minimum absolute atomic E-state index is 0.0517. The second-order valence-electron chi connectivity index (χ2n) is 4.38. The van der Waals surface area contributed by atoms with Crippen LogP contribution < -0.4 is 5.73 Å². The molecule has 2 aromatic rings. The van der Waals surface area contributed by atoms with Crippen molar-refractivity contribution in [1.82, 2.24) is 5.16 Å². The van der Waals surface area contributed by atoms with Gasteiger partial charge in [-0.3, -0.25) is 10.1 Å². The molecular formula is C12H12FN3O3. The normalized spacial score (nSPS) is 10.9. The summed E-state index contributed by atoms with van der Waals surface area (Å²) in [7, 11) is 0. The van der Waals surface area contributed by atoms with Gasteiger partial charge in [0.05, 0.1) is 10.5 Å². The van der Waals surface area contributed by atoms with Crippen LogP contribution in [0.4, 0.5) is 16.0 Å². The van der Waals surface area contributed by atoms with Crippen molar-refractivity contribution in [3.05, 3.63) is 39.7 Å². The second-order valence-corrected chi connectivity index (χ2v) is 4.38. The summed E-state index contributed by atoms with van der Waals surface area (Å²) in [5.41, 5.74) is 6.22. The van der Waals surface area contributed by atoms with Crippen molar-refractivity contribution in [2.75, 3.05) is 5.73 Å². The van der Waals surface area contributed by atoms with E-state index in [-0.39, 0.29) is 28.7 Å². The Hall–Kier alpha value is -2.44. The first-order chi connectivity index (χ1) is 8.91. The van der Waals surface area contributed by atoms with Gasteiger partial charge in [-0.05, 0) is 18.1 Å². The number of hydrogen-bond acceptors (Lipinski definition) is 5. The van der Waals surface area contributed by atoms with Crippen LogP contribution in [-0.2, 0) is 0 Å². The van der Waals surface area contributed by atoms with E-state index in [1.54, 1.807) is 0 Å². The first-order valence-electron chi connectivity index (χ1n) is 5.61. The number of aromatic nitrogens is 1. The molecule has 0 aliphatic heterocycles. The molecule has 1 aromatic carbocycles. The monoisotopic (exact) mass is 265 g/mol. The molecular weight excluding hydrogens is 253 g/mol. The maximum atomic E-state index is 13.3. The van der Waals surface area contributed by atoms with Crippen LogP contribution in [0.1, 0.15) is 25.3 Å². The molecule has 100 valence electrons. The number of rotatable bonds is 3. The van der Waals surface area contributed by atoms with E-state index in [0.29, 0.717) is 5.56 Å². The molecule has 1 heterocycles. The zero-order valence-corrected chi connectivity index (χ0v) is 10.4. The van der Waals surface area contributed by atoms with Gasteiger partial charge in [0.15, 0.2) is 0 Å². The highest BCUT2D eigenvalue weighted by atomic mass is 19.1. The summed E-state index contributed by atoms with van der Waals surface area (Å²) in [4.78, 5) is 10.4. The van der Waals surface area contributed by atoms with Crippen LogP contribution in [-0.4, -0.2) is 10.1 Å². The molecule has 2 N–H and O–H groups in total. The smallest absolute Gasteiger partial charge is 0.279 e. The van der Waals surface area contributed by atoms with Gasteiger partial charge < -0.3 is 10.3 Å². The second kappa shape index (κ2) is 4.68. The van der Waals surface area contributed by atoms with Gasteiger partial charge in [0.1, 0.15) is 11.5 Å². The van der Waals surface area contributed by atoms with Crippen LogP contribution in [0.25, 0.3) is 11.3 Å². The first kappa shape index (κ1) is 13.0. The molecule has 2 rings (SSSR count). The molecule has 0 unspecified atom stereocenters. The molecule has 7 heteroatoms. The lowest BCUT2D eigenvalue weighted by Crippen LogP contribution is -1.98. The Morgan fingerprint density at radius 2 is 2.16 bits per heavy atom. The lowest BCUT2D eigenvalue weighted by Gasteiger charge is -2.06. The Labute approximate surface area is 108 Å². The van der Waals surface area contributed by atoms with Gasteiger partial charge in [-0.1, -0.05) is 19.0 Å². The van der Waals surface area contributed by atoms with Gasteiger partial charge in [-0.15, -0.1) is 0 Å². The van der Waals surface area contributed by atoms with E-state index in [0.717, 1.165) is 18.2 Å². The van der Waals surface area contributed by atoms with Gasteiger partial charge in [0, 0.05) is 11.6 Å². The van der Waals surface area contributed by atoms with E-state index in [1.807, 2.05) is 13.8 Å². The van der Waals surface area contributed by atoms with E-state index in [1.165, 1.54) is 0 Å². The Bertz CT molecular complexity index is 637. The van der Waals surface area contributed by atoms with E-state index >= 15 is 0 Å². The minimum Gasteiger partial charge on any atom is -0.367 e. The summed E-state index contributed by atoms with van der Waals surface area (Å²) in [5.74, 6) is -0.551. The van der Waals surface area contributed by atoms with E-state index in [4.69, 9.17) is 10.3 Å². The number of nitrogens with two attached hydrogens (primary N) is 1. The SMILES string of the molecule is CC(C)c1c(-c2cc(F)ccc2[N+](=O)[O-])noc1N. The molecule has 0 bridgehead atoms. The van der Waals surface area contributed by atoms with Gasteiger partial charge >= 0.3 is 0 Å². The van der Waals surface area contributed by atoms with Crippen molar-refractivity contribution in [2.45, 2.75) is 19.8 Å². The average Bonchev–Trinajstić information content (AvgIpc) is 2.70. The van der Waals surface area contributed by atoms with Crippen LogP contribution in [0.2, 0.25) is 0 Å². The number of halogens is 1. The van der Waals surface area contributed by atoms with Crippen molar-refractivity contribution in [1.29, 1.82) is 0 Å². The number of nitrogen functional groups attached to an aromatic ring is 1. The van der Waals surface area contributed by atoms with Gasteiger partial charge in [0.2, 0.25) is 5.88 Å². The summed E-state index contributed by atoms with van der Waals surface area (Å²) in [5, 5.41) is 14.7. The summed E-state index contributed by atoms with van der Waals surface area (Å²) < 4.78 is 18.2. The average molecular weight is 265 g/mol. The maximum Gasteiger partial charge on any atom is 0.279 e. The quantitative estimate of drug-likeness (QED) is 0.679. The molecule has 0 radical (unpaired) electrons. The Balaban J connectivity index is 2.71. The summed E-state index contributed by atoms with van der Waals surface area (Å²) in [6, 6.07) is 3.18. The molecule has 0 saturated carbocycles. The highest BCUT2D eigenvalue weighted by molar-refractivity contribution is 5.75. The first-order valence-corrected chi connectivity index (χ1v) is 5.61. The molecule has 0 aliphatic carbocycles. The Morgan fingerprint density at radius 1 is 1.47 bits per heavy atom. The lowest BCUT2D eigenvalue weighted by atomic mass is 9.98. The van der Waals surface area contributed by atoms with Gasteiger partial charge in [-0.2, -0.15) is 0 Å². The fraction of sp³-hybridized carbons (Fsp3) is 0.250. The van der Waals surface area contributed by atoms with Crippen molar-refractivity contribution in [2.24, 2.45) is 0 Å². The fourth-order valence-electron chi connectivity index (χ4n) is 1.92. The molecule has 1 aromatic heterocycles. The van der Waals surface area contributed by atoms with Crippen molar-refractivity contribution in [3.63, 3.8) is 0 Å². The van der Waals surface area contributed by atoms with Crippen molar-refractivity contribution < 1.29 is 13.8 Å². The Morgan fingerprint density at radius 3 is 2.74 bits per heavy atom. The molecule has 0 aliphatic rings. The number of anilines is 1. The third-order valence-electron chi connectivity index (χ3n) is 2.74. The topological polar surface area (TPSA) is 95.2 Å². The van der Waals surface area contributed by atoms with Crippen LogP contribution in [0.15, 0.2) is 22.7 Å². The highest BCUT2D eigenvalue weighted by Crippen LogP contribution is 2.37. The number of nitro groups is 1. The van der Waals surface area contributed by atoms with Crippen LogP contribution in [0.5, 0.6) is 0 Å². The Kier molecular flexibility index (Phi) is 3.20. The molecule has 0 fully saturated rings. The molecule has 19 heavy (non-hydrogen) atoms. The molecule has 0 spiro atoms. The number of nitrogens with zero attached hydrogens (tertiary/aromatic N) is 2. The van der Waals surface area contributed by atoms with Crippen LogP contribution >= 0.6 is 0 Å². The van der Waals surface area contributed by atoms with Crippen molar-refractivity contribution in [3.8, 4) is 11.3 Å². The summed E-state index contributed by atoms with van der Waals surface area (Å²) in [6.45, 7) is 3.69. The largest absolute Gasteiger partial charge is 0.367 e. The lowest BCUT2D eigenvalue weighted by molar-refractivity contribution is -0.384. The zero-order chi connectivity index (χ0) is 14.2. The number of nitro benzene ring substituents is 1. The third kappa shape index (κ3) is 2.26. The molecule has 0 amide bonds. The fourth-order valence-corrected chi connectivity index (χ4v) is 1.92. The minimum atomic E-state index is -0.594. The molecule has 0 atom stereocenters. The standard InChI is InChI=1S/C12H12FN3O3/c1-6(2)10-11(15-19-12(10)14)8-5-7(13)3-4-9(8)16(17)18/h3-6H,14H2,1-2H3. The number of hydrogen-bond donors (Lipinski definition) is 1. The van der Waals surface area contributed by atoms with Crippen LogP contribution in [0, 0.1) is 15.9 Å². The predicted octanol–water partition coefficient (Wildman–Crippen LogP) is 3.09. The third-order valence-corrected chi connectivity index (χ3v) is 2.74. The summed E-state index contributed by atoms with van der Waals surface area (Å²) in [6.07, 6.45) is 0. The molecule has 0 saturated heterocycles. The predicted molar refractivity (Wildman–Crippen MR) is 67.1 cm³/mol. The van der Waals surface area contributed by atoms with Crippen molar-refractivity contribution >= 4 is 11.6 Å². The van der Waals surface area contributed by atoms with Crippen LogP contribution in [0.3, 0.4) is 0 Å². The van der Waals surface area contributed by atoms with Gasteiger partial charge in [-0.25, -0.2) is 4.39 Å². The zero-order valence-electron chi connectivity index (χ0n) is 10.4. The summed E-state index contributed by atoms with van der Waals surface area (Å²) >= 11 is 0. The molecule has 6 nitrogen and oxygen atoms in total. The van der Waals surface area contributed by atoms with Gasteiger partial charge in [0.25, 0.3) is 5.69 Å².